The third kappa shape index (κ3) is 3.22. The maximum Gasteiger partial charge on any atom is 0.134 e. The van der Waals surface area contributed by atoms with Gasteiger partial charge in [-0.05, 0) is 30.3 Å². The van der Waals surface area contributed by atoms with Crippen LogP contribution in [0.5, 0.6) is 0 Å². The van der Waals surface area contributed by atoms with Gasteiger partial charge in [-0.25, -0.2) is 4.98 Å². The van der Waals surface area contributed by atoms with Crippen LogP contribution in [0.3, 0.4) is 0 Å². The summed E-state index contributed by atoms with van der Waals surface area (Å²) in [5.41, 5.74) is 3.05. The van der Waals surface area contributed by atoms with Crippen LogP contribution in [0.1, 0.15) is 10.7 Å². The minimum atomic E-state index is 0.504. The zero-order valence-corrected chi connectivity index (χ0v) is 13.0. The number of nitriles is 1. The standard InChI is InChI=1S/C17H10ClN3S/c18-14-6-4-12(5-7-14)16-11-22-17(21-16)13(10-19)9-15-3-1-2-8-20-15/h1-9,11H/b13-9+. The Kier molecular flexibility index (Phi) is 4.29. The molecule has 0 fully saturated rings. The number of allylic oxidation sites excluding steroid dienone is 1. The number of rotatable bonds is 3. The average Bonchev–Trinajstić information content (AvgIpc) is 3.04. The number of pyridine rings is 1. The van der Waals surface area contributed by atoms with E-state index >= 15 is 0 Å². The normalized spacial score (nSPS) is 11.2. The first-order chi connectivity index (χ1) is 10.8. The van der Waals surface area contributed by atoms with E-state index in [1.165, 1.54) is 11.3 Å². The topological polar surface area (TPSA) is 49.6 Å². The summed E-state index contributed by atoms with van der Waals surface area (Å²) in [6, 6.07) is 15.2. The molecule has 0 saturated carbocycles. The van der Waals surface area contributed by atoms with E-state index in [2.05, 4.69) is 16.0 Å². The molecule has 0 atom stereocenters. The van der Waals surface area contributed by atoms with Crippen molar-refractivity contribution in [3.05, 3.63) is 69.8 Å². The van der Waals surface area contributed by atoms with Crippen molar-refractivity contribution < 1.29 is 0 Å². The van der Waals surface area contributed by atoms with Crippen molar-refractivity contribution >= 4 is 34.6 Å². The maximum atomic E-state index is 9.36. The van der Waals surface area contributed by atoms with Crippen molar-refractivity contribution in [3.8, 4) is 17.3 Å². The van der Waals surface area contributed by atoms with Gasteiger partial charge >= 0.3 is 0 Å². The summed E-state index contributed by atoms with van der Waals surface area (Å²) in [4.78, 5) is 8.74. The molecular formula is C17H10ClN3S. The molecule has 3 aromatic rings. The Morgan fingerprint density at radius 2 is 2.00 bits per heavy atom. The first-order valence-corrected chi connectivity index (χ1v) is 7.77. The van der Waals surface area contributed by atoms with Crippen LogP contribution in [0, 0.1) is 11.3 Å². The molecule has 1 aromatic carbocycles. The number of nitrogens with zero attached hydrogens (tertiary/aromatic N) is 3. The highest BCUT2D eigenvalue weighted by molar-refractivity contribution is 7.11. The van der Waals surface area contributed by atoms with Gasteiger partial charge in [0.2, 0.25) is 0 Å². The Balaban J connectivity index is 1.94. The van der Waals surface area contributed by atoms with Crippen LogP contribution in [-0.4, -0.2) is 9.97 Å². The summed E-state index contributed by atoms with van der Waals surface area (Å²) < 4.78 is 0. The van der Waals surface area contributed by atoms with Crippen molar-refractivity contribution in [3.63, 3.8) is 0 Å². The highest BCUT2D eigenvalue weighted by Crippen LogP contribution is 2.27. The van der Waals surface area contributed by atoms with E-state index in [0.29, 0.717) is 15.6 Å². The fourth-order valence-electron chi connectivity index (χ4n) is 1.90. The molecule has 106 valence electrons. The number of hydrogen-bond acceptors (Lipinski definition) is 4. The van der Waals surface area contributed by atoms with Gasteiger partial charge < -0.3 is 0 Å². The molecule has 0 saturated heterocycles. The van der Waals surface area contributed by atoms with Crippen molar-refractivity contribution in [1.29, 1.82) is 5.26 Å². The summed E-state index contributed by atoms with van der Waals surface area (Å²) in [6.45, 7) is 0. The second kappa shape index (κ2) is 6.52. The molecule has 22 heavy (non-hydrogen) atoms. The van der Waals surface area contributed by atoms with Gasteiger partial charge in [0.25, 0.3) is 0 Å². The number of hydrogen-bond donors (Lipinski definition) is 0. The molecule has 2 aromatic heterocycles. The Morgan fingerprint density at radius 3 is 2.68 bits per heavy atom. The molecule has 0 radical (unpaired) electrons. The highest BCUT2D eigenvalue weighted by atomic mass is 35.5. The molecule has 0 N–H and O–H groups in total. The SMILES string of the molecule is N#C/C(=C\c1ccccn1)c1nc(-c2ccc(Cl)cc2)cs1. The van der Waals surface area contributed by atoms with Crippen LogP contribution >= 0.6 is 22.9 Å². The van der Waals surface area contributed by atoms with E-state index < -0.39 is 0 Å². The number of aromatic nitrogens is 2. The van der Waals surface area contributed by atoms with Crippen molar-refractivity contribution in [2.45, 2.75) is 0 Å². The molecule has 0 aliphatic rings. The Labute approximate surface area is 137 Å². The second-order valence-corrected chi connectivity index (χ2v) is 5.76. The summed E-state index contributed by atoms with van der Waals surface area (Å²) in [5.74, 6) is 0. The first-order valence-electron chi connectivity index (χ1n) is 6.51. The zero-order valence-electron chi connectivity index (χ0n) is 11.4. The van der Waals surface area contributed by atoms with Gasteiger partial charge in [0, 0.05) is 22.2 Å². The molecule has 3 rings (SSSR count). The van der Waals surface area contributed by atoms with Crippen molar-refractivity contribution in [2.75, 3.05) is 0 Å². The lowest BCUT2D eigenvalue weighted by molar-refractivity contribution is 1.29. The third-order valence-electron chi connectivity index (χ3n) is 2.98. The quantitative estimate of drug-likeness (QED) is 0.642. The van der Waals surface area contributed by atoms with Crippen LogP contribution in [0.15, 0.2) is 54.0 Å². The van der Waals surface area contributed by atoms with Gasteiger partial charge in [-0.1, -0.05) is 29.8 Å². The zero-order chi connectivity index (χ0) is 15.4. The minimum Gasteiger partial charge on any atom is -0.257 e. The van der Waals surface area contributed by atoms with Gasteiger partial charge in [-0.15, -0.1) is 11.3 Å². The summed E-state index contributed by atoms with van der Waals surface area (Å²) >= 11 is 7.33. The average molecular weight is 324 g/mol. The molecular weight excluding hydrogens is 314 g/mol. The lowest BCUT2D eigenvalue weighted by Crippen LogP contribution is -1.84. The third-order valence-corrected chi connectivity index (χ3v) is 4.10. The Morgan fingerprint density at radius 1 is 1.18 bits per heavy atom. The molecule has 0 aliphatic carbocycles. The van der Waals surface area contributed by atoms with E-state index in [0.717, 1.165) is 17.0 Å². The van der Waals surface area contributed by atoms with Crippen molar-refractivity contribution in [2.24, 2.45) is 0 Å². The van der Waals surface area contributed by atoms with E-state index in [-0.39, 0.29) is 0 Å². The van der Waals surface area contributed by atoms with E-state index in [1.54, 1.807) is 12.3 Å². The van der Waals surface area contributed by atoms with Crippen LogP contribution in [-0.2, 0) is 0 Å². The van der Waals surface area contributed by atoms with Gasteiger partial charge in [0.1, 0.15) is 11.1 Å². The van der Waals surface area contributed by atoms with E-state index in [4.69, 9.17) is 11.6 Å². The van der Waals surface area contributed by atoms with Crippen LogP contribution in [0.4, 0.5) is 0 Å². The molecule has 3 nitrogen and oxygen atoms in total. The lowest BCUT2D eigenvalue weighted by Gasteiger charge is -1.97. The van der Waals surface area contributed by atoms with E-state index in [1.807, 2.05) is 47.8 Å². The second-order valence-electron chi connectivity index (χ2n) is 4.47. The molecule has 0 spiro atoms. The largest absolute Gasteiger partial charge is 0.257 e. The smallest absolute Gasteiger partial charge is 0.134 e. The summed E-state index contributed by atoms with van der Waals surface area (Å²) in [5, 5.41) is 12.7. The van der Waals surface area contributed by atoms with Gasteiger partial charge in [-0.3, -0.25) is 4.98 Å². The van der Waals surface area contributed by atoms with Crippen LogP contribution < -0.4 is 0 Å². The number of halogens is 1. The highest BCUT2D eigenvalue weighted by Gasteiger charge is 2.09. The van der Waals surface area contributed by atoms with E-state index in [9.17, 15) is 5.26 Å². The van der Waals surface area contributed by atoms with Crippen LogP contribution in [0.2, 0.25) is 5.02 Å². The molecule has 0 aliphatic heterocycles. The molecule has 0 bridgehead atoms. The summed E-state index contributed by atoms with van der Waals surface area (Å²) in [6.07, 6.45) is 3.44. The van der Waals surface area contributed by atoms with Crippen LogP contribution in [0.25, 0.3) is 22.9 Å². The van der Waals surface area contributed by atoms with Crippen molar-refractivity contribution in [1.82, 2.24) is 9.97 Å². The Bertz CT molecular complexity index is 846. The van der Waals surface area contributed by atoms with Gasteiger partial charge in [0.05, 0.1) is 17.0 Å². The predicted molar refractivity (Wildman–Crippen MR) is 90.3 cm³/mol. The van der Waals surface area contributed by atoms with Gasteiger partial charge in [-0.2, -0.15) is 5.26 Å². The molecule has 2 heterocycles. The Hall–Kier alpha value is -2.48. The lowest BCUT2D eigenvalue weighted by atomic mass is 10.2. The predicted octanol–water partition coefficient (Wildman–Crippen LogP) is 4.92. The molecule has 0 unspecified atom stereocenters. The number of benzene rings is 1. The minimum absolute atomic E-state index is 0.504. The summed E-state index contributed by atoms with van der Waals surface area (Å²) in [7, 11) is 0. The molecule has 0 amide bonds. The fourth-order valence-corrected chi connectivity index (χ4v) is 2.82. The number of thiazole rings is 1. The fraction of sp³-hybridized carbons (Fsp3) is 0. The first kappa shape index (κ1) is 14.5. The van der Waals surface area contributed by atoms with Gasteiger partial charge in [0.15, 0.2) is 0 Å². The monoisotopic (exact) mass is 323 g/mol. The molecule has 5 heteroatoms. The maximum absolute atomic E-state index is 9.36.